The number of fused-ring (bicyclic) bond motifs is 1. The molecule has 142 valence electrons. The number of aromatic nitrogens is 4. The Morgan fingerprint density at radius 2 is 2.19 bits per heavy atom. The van der Waals surface area contributed by atoms with E-state index in [1.807, 2.05) is 0 Å². The van der Waals surface area contributed by atoms with Crippen molar-refractivity contribution in [3.8, 4) is 5.75 Å². The molecule has 27 heavy (non-hydrogen) atoms. The number of unbranched alkanes of at least 4 members (excludes halogenated alkanes) is 1. The summed E-state index contributed by atoms with van der Waals surface area (Å²) >= 11 is 0. The number of carboxylic acids is 1. The Hall–Kier alpha value is -3.36. The van der Waals surface area contributed by atoms with E-state index in [2.05, 4.69) is 27.3 Å². The lowest BCUT2D eigenvalue weighted by molar-refractivity contribution is 0.0696. The van der Waals surface area contributed by atoms with Crippen LogP contribution in [0.2, 0.25) is 0 Å². The van der Waals surface area contributed by atoms with Gasteiger partial charge in [0.1, 0.15) is 16.8 Å². The number of ether oxygens (including phenoxy) is 1. The maximum atomic E-state index is 11.2. The standard InChI is InChI=1S/C18H22N6O3/c1-3-4-7-20-16-15-13(22-18(19)23-16)9-21-24(15)10-12-6-5-11(17(25)26)8-14(12)27-2/h5-6,8-9H,3-4,7,10H2,1-2H3,(H,25,26)(H3,19,20,22,23). The number of hydrogen-bond donors (Lipinski definition) is 3. The largest absolute Gasteiger partial charge is 0.496 e. The van der Waals surface area contributed by atoms with Gasteiger partial charge >= 0.3 is 5.97 Å². The molecule has 9 heteroatoms. The van der Waals surface area contributed by atoms with Crippen LogP contribution in [0.3, 0.4) is 0 Å². The Balaban J connectivity index is 1.99. The zero-order valence-electron chi connectivity index (χ0n) is 15.3. The summed E-state index contributed by atoms with van der Waals surface area (Å²) in [4.78, 5) is 19.7. The molecule has 0 unspecified atom stereocenters. The van der Waals surface area contributed by atoms with Gasteiger partial charge in [0, 0.05) is 12.1 Å². The van der Waals surface area contributed by atoms with Gasteiger partial charge in [0.15, 0.2) is 5.82 Å². The van der Waals surface area contributed by atoms with E-state index >= 15 is 0 Å². The van der Waals surface area contributed by atoms with Gasteiger partial charge in [0.25, 0.3) is 0 Å². The monoisotopic (exact) mass is 370 g/mol. The highest BCUT2D eigenvalue weighted by atomic mass is 16.5. The number of methoxy groups -OCH3 is 1. The van der Waals surface area contributed by atoms with Gasteiger partial charge in [-0.05, 0) is 18.6 Å². The number of carbonyl (C=O) groups is 1. The van der Waals surface area contributed by atoms with Crippen molar-refractivity contribution >= 4 is 28.8 Å². The third-order valence-corrected chi connectivity index (χ3v) is 4.18. The van der Waals surface area contributed by atoms with E-state index in [0.29, 0.717) is 23.6 Å². The quantitative estimate of drug-likeness (QED) is 0.516. The minimum atomic E-state index is -1.00. The van der Waals surface area contributed by atoms with E-state index in [1.54, 1.807) is 23.0 Å². The van der Waals surface area contributed by atoms with Gasteiger partial charge in [-0.3, -0.25) is 4.68 Å². The number of aromatic carboxylic acids is 1. The molecule has 0 amide bonds. The molecule has 0 bridgehead atoms. The molecule has 0 saturated heterocycles. The molecule has 0 spiro atoms. The molecule has 0 aliphatic heterocycles. The average molecular weight is 370 g/mol. The zero-order chi connectivity index (χ0) is 19.4. The summed E-state index contributed by atoms with van der Waals surface area (Å²) in [5.74, 6) is 0.292. The van der Waals surface area contributed by atoms with Crippen LogP contribution in [0.15, 0.2) is 24.4 Å². The maximum Gasteiger partial charge on any atom is 0.335 e. The Labute approximate surface area is 156 Å². The molecule has 0 radical (unpaired) electrons. The summed E-state index contributed by atoms with van der Waals surface area (Å²) in [6, 6.07) is 4.76. The normalized spacial score (nSPS) is 10.9. The van der Waals surface area contributed by atoms with Crippen molar-refractivity contribution in [3.63, 3.8) is 0 Å². The van der Waals surface area contributed by atoms with E-state index in [9.17, 15) is 4.79 Å². The molecule has 0 aliphatic carbocycles. The molecule has 2 aromatic heterocycles. The first-order valence-electron chi connectivity index (χ1n) is 8.66. The first-order valence-corrected chi connectivity index (χ1v) is 8.66. The van der Waals surface area contributed by atoms with Gasteiger partial charge in [0.05, 0.1) is 25.4 Å². The Morgan fingerprint density at radius 3 is 2.89 bits per heavy atom. The van der Waals surface area contributed by atoms with E-state index in [4.69, 9.17) is 15.6 Å². The first-order chi connectivity index (χ1) is 13.0. The smallest absolute Gasteiger partial charge is 0.335 e. The van der Waals surface area contributed by atoms with Crippen molar-refractivity contribution in [2.45, 2.75) is 26.3 Å². The lowest BCUT2D eigenvalue weighted by atomic mass is 10.1. The second kappa shape index (κ2) is 7.90. The second-order valence-corrected chi connectivity index (χ2v) is 6.08. The number of rotatable bonds is 8. The lowest BCUT2D eigenvalue weighted by Crippen LogP contribution is -2.10. The molecule has 9 nitrogen and oxygen atoms in total. The predicted octanol–water partition coefficient (Wildman–Crippen LogP) is 2.38. The van der Waals surface area contributed by atoms with Crippen LogP contribution in [0.5, 0.6) is 5.75 Å². The van der Waals surface area contributed by atoms with Crippen LogP contribution < -0.4 is 15.8 Å². The van der Waals surface area contributed by atoms with Crippen molar-refractivity contribution in [3.05, 3.63) is 35.5 Å². The van der Waals surface area contributed by atoms with Crippen LogP contribution >= 0.6 is 0 Å². The van der Waals surface area contributed by atoms with Gasteiger partial charge in [-0.1, -0.05) is 19.4 Å². The minimum absolute atomic E-state index is 0.166. The van der Waals surface area contributed by atoms with Crippen molar-refractivity contribution in [1.82, 2.24) is 19.7 Å². The number of benzene rings is 1. The highest BCUT2D eigenvalue weighted by Crippen LogP contribution is 2.26. The maximum absolute atomic E-state index is 11.2. The molecule has 0 saturated carbocycles. The van der Waals surface area contributed by atoms with Gasteiger partial charge in [0.2, 0.25) is 5.95 Å². The number of anilines is 2. The van der Waals surface area contributed by atoms with Crippen LogP contribution in [0, 0.1) is 0 Å². The third kappa shape index (κ3) is 3.91. The summed E-state index contributed by atoms with van der Waals surface area (Å²) in [6.45, 7) is 3.26. The molecule has 4 N–H and O–H groups in total. The average Bonchev–Trinajstić information content (AvgIpc) is 3.04. The summed E-state index contributed by atoms with van der Waals surface area (Å²) in [5, 5.41) is 16.8. The third-order valence-electron chi connectivity index (χ3n) is 4.18. The van der Waals surface area contributed by atoms with Crippen molar-refractivity contribution in [2.75, 3.05) is 24.7 Å². The zero-order valence-corrected chi connectivity index (χ0v) is 15.3. The van der Waals surface area contributed by atoms with Gasteiger partial charge in [-0.15, -0.1) is 0 Å². The van der Waals surface area contributed by atoms with E-state index < -0.39 is 5.97 Å². The fourth-order valence-corrected chi connectivity index (χ4v) is 2.81. The molecule has 0 aliphatic rings. The lowest BCUT2D eigenvalue weighted by Gasteiger charge is -2.12. The molecule has 3 rings (SSSR count). The highest BCUT2D eigenvalue weighted by molar-refractivity contribution is 5.88. The Kier molecular flexibility index (Phi) is 5.39. The van der Waals surface area contributed by atoms with Gasteiger partial charge < -0.3 is 20.9 Å². The van der Waals surface area contributed by atoms with Crippen molar-refractivity contribution in [1.29, 1.82) is 0 Å². The summed E-state index contributed by atoms with van der Waals surface area (Å²) < 4.78 is 7.11. The minimum Gasteiger partial charge on any atom is -0.496 e. The summed E-state index contributed by atoms with van der Waals surface area (Å²) in [6.07, 6.45) is 3.70. The fraction of sp³-hybridized carbons (Fsp3) is 0.333. The van der Waals surface area contributed by atoms with Crippen LogP contribution in [0.1, 0.15) is 35.7 Å². The number of hydrogen-bond acceptors (Lipinski definition) is 7. The fourth-order valence-electron chi connectivity index (χ4n) is 2.81. The predicted molar refractivity (Wildman–Crippen MR) is 102 cm³/mol. The van der Waals surface area contributed by atoms with E-state index in [0.717, 1.165) is 30.5 Å². The second-order valence-electron chi connectivity index (χ2n) is 6.08. The van der Waals surface area contributed by atoms with Crippen LogP contribution in [0.4, 0.5) is 11.8 Å². The summed E-state index contributed by atoms with van der Waals surface area (Å²) in [7, 11) is 1.51. The van der Waals surface area contributed by atoms with Crippen molar-refractivity contribution in [2.24, 2.45) is 0 Å². The van der Waals surface area contributed by atoms with Gasteiger partial charge in [-0.2, -0.15) is 10.1 Å². The van der Waals surface area contributed by atoms with Crippen LogP contribution in [-0.2, 0) is 6.54 Å². The SMILES string of the molecule is CCCCNc1nc(N)nc2cnn(Cc3ccc(C(=O)O)cc3OC)c12. The topological polar surface area (TPSA) is 128 Å². The number of nitrogens with zero attached hydrogens (tertiary/aromatic N) is 4. The number of nitrogen functional groups attached to an aromatic ring is 1. The molecule has 0 atom stereocenters. The first kappa shape index (κ1) is 18.4. The molecular formula is C18H22N6O3. The molecular weight excluding hydrogens is 348 g/mol. The van der Waals surface area contributed by atoms with E-state index in [1.165, 1.54) is 13.2 Å². The van der Waals surface area contributed by atoms with Gasteiger partial charge in [-0.25, -0.2) is 9.78 Å². The number of nitrogens with one attached hydrogen (secondary N) is 1. The molecule has 3 aromatic rings. The Bertz CT molecular complexity index is 969. The van der Waals surface area contributed by atoms with Crippen LogP contribution in [-0.4, -0.2) is 44.5 Å². The molecule has 1 aromatic carbocycles. The number of nitrogens with two attached hydrogens (primary N) is 1. The molecule has 0 fully saturated rings. The van der Waals surface area contributed by atoms with Crippen LogP contribution in [0.25, 0.3) is 11.0 Å². The van der Waals surface area contributed by atoms with Crippen molar-refractivity contribution < 1.29 is 14.6 Å². The Morgan fingerprint density at radius 1 is 1.37 bits per heavy atom. The van der Waals surface area contributed by atoms with E-state index in [-0.39, 0.29) is 11.5 Å². The number of carboxylic acid groups (broad SMARTS) is 1. The highest BCUT2D eigenvalue weighted by Gasteiger charge is 2.15. The molecule has 2 heterocycles. The summed E-state index contributed by atoms with van der Waals surface area (Å²) in [5.41, 5.74) is 8.15.